The quantitative estimate of drug-likeness (QED) is 0.200. The number of rotatable bonds is 11. The average Bonchev–Trinajstić information content (AvgIpc) is 3.09. The molecular formula is C39H45N3O2. The number of likely N-dealkylation sites (tertiary alicyclic amines) is 2. The maximum Gasteiger partial charge on any atom is 0.251 e. The van der Waals surface area contributed by atoms with E-state index in [0.29, 0.717) is 11.5 Å². The van der Waals surface area contributed by atoms with Gasteiger partial charge in [0.2, 0.25) is 0 Å². The maximum atomic E-state index is 13.3. The highest BCUT2D eigenvalue weighted by atomic mass is 16.5. The van der Waals surface area contributed by atoms with Gasteiger partial charge in [-0.15, -0.1) is 0 Å². The van der Waals surface area contributed by atoms with Crippen LogP contribution in [0, 0.1) is 0 Å². The fourth-order valence-corrected chi connectivity index (χ4v) is 6.68. The summed E-state index contributed by atoms with van der Waals surface area (Å²) in [7, 11) is 0. The molecule has 5 heteroatoms. The van der Waals surface area contributed by atoms with Gasteiger partial charge in [-0.3, -0.25) is 4.79 Å². The lowest BCUT2D eigenvalue weighted by atomic mass is 9.90. The van der Waals surface area contributed by atoms with Crippen LogP contribution in [-0.4, -0.2) is 61.1 Å². The van der Waals surface area contributed by atoms with Crippen LogP contribution >= 0.6 is 0 Å². The summed E-state index contributed by atoms with van der Waals surface area (Å²) in [6.07, 6.45) is 5.94. The first-order valence-electron chi connectivity index (χ1n) is 16.4. The van der Waals surface area contributed by atoms with Gasteiger partial charge in [0.25, 0.3) is 5.91 Å². The molecule has 4 aromatic rings. The summed E-state index contributed by atoms with van der Waals surface area (Å²) in [5, 5.41) is 3.31. The van der Waals surface area contributed by atoms with Gasteiger partial charge in [0.05, 0.1) is 6.04 Å². The Labute approximate surface area is 262 Å². The topological polar surface area (TPSA) is 44.8 Å². The number of carbonyl (C=O) groups is 1. The highest BCUT2D eigenvalue weighted by molar-refractivity contribution is 5.94. The Bertz CT molecular complexity index is 1380. The summed E-state index contributed by atoms with van der Waals surface area (Å²) in [6.45, 7) is 6.08. The van der Waals surface area contributed by atoms with E-state index in [1.54, 1.807) is 0 Å². The molecule has 0 aliphatic carbocycles. The first-order chi connectivity index (χ1) is 21.7. The van der Waals surface area contributed by atoms with Crippen molar-refractivity contribution >= 4 is 5.91 Å². The summed E-state index contributed by atoms with van der Waals surface area (Å²) in [4.78, 5) is 18.4. The smallest absolute Gasteiger partial charge is 0.251 e. The lowest BCUT2D eigenvalue weighted by Gasteiger charge is -2.34. The highest BCUT2D eigenvalue weighted by Gasteiger charge is 2.25. The molecular weight excluding hydrogens is 542 g/mol. The summed E-state index contributed by atoms with van der Waals surface area (Å²) in [6, 6.07) is 39.7. The first kappa shape index (κ1) is 30.1. The lowest BCUT2D eigenvalue weighted by molar-refractivity contribution is 0.0919. The monoisotopic (exact) mass is 587 g/mol. The van der Waals surface area contributed by atoms with Gasteiger partial charge in [-0.25, -0.2) is 0 Å². The van der Waals surface area contributed by atoms with Crippen LogP contribution in [0.5, 0.6) is 5.75 Å². The molecule has 2 aliphatic heterocycles. The first-order valence-corrected chi connectivity index (χ1v) is 16.4. The van der Waals surface area contributed by atoms with E-state index in [0.717, 1.165) is 63.4 Å². The van der Waals surface area contributed by atoms with E-state index in [2.05, 4.69) is 87.9 Å². The van der Waals surface area contributed by atoms with Crippen LogP contribution in [0.1, 0.15) is 71.1 Å². The predicted molar refractivity (Wildman–Crippen MR) is 178 cm³/mol. The van der Waals surface area contributed by atoms with Crippen molar-refractivity contribution in [3.63, 3.8) is 0 Å². The molecule has 0 bridgehead atoms. The molecule has 0 saturated carbocycles. The third-order valence-electron chi connectivity index (χ3n) is 9.20. The average molecular weight is 588 g/mol. The van der Waals surface area contributed by atoms with Gasteiger partial charge in [-0.05, 0) is 79.7 Å². The molecule has 2 saturated heterocycles. The van der Waals surface area contributed by atoms with Gasteiger partial charge in [-0.2, -0.15) is 0 Å². The Morgan fingerprint density at radius 3 is 1.73 bits per heavy atom. The highest BCUT2D eigenvalue weighted by Crippen LogP contribution is 2.28. The zero-order valence-corrected chi connectivity index (χ0v) is 25.7. The van der Waals surface area contributed by atoms with Crippen molar-refractivity contribution in [3.05, 3.63) is 138 Å². The number of nitrogens with zero attached hydrogens (tertiary/aromatic N) is 2. The van der Waals surface area contributed by atoms with Crippen LogP contribution in [0.3, 0.4) is 0 Å². The number of carbonyl (C=O) groups excluding carboxylic acids is 1. The summed E-state index contributed by atoms with van der Waals surface area (Å²) >= 11 is 0. The Kier molecular flexibility index (Phi) is 10.4. The van der Waals surface area contributed by atoms with E-state index < -0.39 is 0 Å². The molecule has 1 unspecified atom stereocenters. The molecule has 1 N–H and O–H groups in total. The molecule has 6 rings (SSSR count). The van der Waals surface area contributed by atoms with E-state index in [1.165, 1.54) is 30.4 Å². The number of hydrogen-bond acceptors (Lipinski definition) is 4. The molecule has 4 aromatic carbocycles. The molecule has 0 aromatic heterocycles. The number of hydrogen-bond donors (Lipinski definition) is 1. The minimum atomic E-state index is -0.0397. The molecule has 2 heterocycles. The van der Waals surface area contributed by atoms with Crippen molar-refractivity contribution in [2.45, 2.75) is 50.2 Å². The van der Waals surface area contributed by atoms with E-state index in [1.807, 2.05) is 42.5 Å². The van der Waals surface area contributed by atoms with Crippen molar-refractivity contribution in [3.8, 4) is 5.75 Å². The molecule has 1 atom stereocenters. The van der Waals surface area contributed by atoms with Gasteiger partial charge in [-0.1, -0.05) is 97.4 Å². The third kappa shape index (κ3) is 8.16. The fraction of sp³-hybridized carbons (Fsp3) is 0.359. The Balaban J connectivity index is 1.02. The molecule has 2 fully saturated rings. The fourth-order valence-electron chi connectivity index (χ4n) is 6.68. The lowest BCUT2D eigenvalue weighted by Crippen LogP contribution is -2.40. The SMILES string of the molecule is O=C(NC(CN1CCCCC1)c1ccccc1)c1ccc(OC2CCN(CC(c3ccccc3)c3ccccc3)CC2)cc1. The number of piperidine rings is 2. The van der Waals surface area contributed by atoms with Crippen LogP contribution in [0.4, 0.5) is 0 Å². The minimum Gasteiger partial charge on any atom is -0.490 e. The maximum absolute atomic E-state index is 13.3. The molecule has 5 nitrogen and oxygen atoms in total. The molecule has 0 radical (unpaired) electrons. The van der Waals surface area contributed by atoms with Crippen molar-refractivity contribution in [2.24, 2.45) is 0 Å². The van der Waals surface area contributed by atoms with Crippen LogP contribution in [0.15, 0.2) is 115 Å². The zero-order chi connectivity index (χ0) is 30.0. The number of nitrogens with one attached hydrogen (secondary N) is 1. The van der Waals surface area contributed by atoms with Crippen molar-refractivity contribution < 1.29 is 9.53 Å². The van der Waals surface area contributed by atoms with Crippen LogP contribution in [0.25, 0.3) is 0 Å². The van der Waals surface area contributed by atoms with Gasteiger partial charge in [0.1, 0.15) is 11.9 Å². The van der Waals surface area contributed by atoms with Crippen LogP contribution in [-0.2, 0) is 0 Å². The number of ether oxygens (including phenoxy) is 1. The third-order valence-corrected chi connectivity index (χ3v) is 9.20. The zero-order valence-electron chi connectivity index (χ0n) is 25.7. The number of benzene rings is 4. The predicted octanol–water partition coefficient (Wildman–Crippen LogP) is 7.32. The van der Waals surface area contributed by atoms with Gasteiger partial charge in [0.15, 0.2) is 0 Å². The summed E-state index contributed by atoms with van der Waals surface area (Å²) in [5.41, 5.74) is 4.54. The normalized spacial score (nSPS) is 17.3. The van der Waals surface area contributed by atoms with E-state index in [-0.39, 0.29) is 18.1 Å². The van der Waals surface area contributed by atoms with Gasteiger partial charge < -0.3 is 19.9 Å². The van der Waals surface area contributed by atoms with Crippen LogP contribution < -0.4 is 10.1 Å². The molecule has 44 heavy (non-hydrogen) atoms. The second kappa shape index (κ2) is 15.2. The van der Waals surface area contributed by atoms with Crippen molar-refractivity contribution in [2.75, 3.05) is 39.3 Å². The Morgan fingerprint density at radius 2 is 1.16 bits per heavy atom. The minimum absolute atomic E-state index is 0.0358. The molecule has 2 aliphatic rings. The van der Waals surface area contributed by atoms with Gasteiger partial charge >= 0.3 is 0 Å². The summed E-state index contributed by atoms with van der Waals surface area (Å²) in [5.74, 6) is 1.15. The van der Waals surface area contributed by atoms with E-state index >= 15 is 0 Å². The van der Waals surface area contributed by atoms with E-state index in [4.69, 9.17) is 4.74 Å². The standard InChI is InChI=1S/C39H45N3O2/c43-39(40-38(33-17-9-3-10-18-33)30-41-25-11-4-12-26-41)34-19-21-35(22-20-34)44-36-23-27-42(28-24-36)29-37(31-13-5-1-6-14-31)32-15-7-2-8-16-32/h1-3,5-10,13-22,36-38H,4,11-12,23-30H2,(H,40,43). The van der Waals surface area contributed by atoms with Crippen molar-refractivity contribution in [1.29, 1.82) is 0 Å². The molecule has 0 spiro atoms. The Morgan fingerprint density at radius 1 is 0.636 bits per heavy atom. The van der Waals surface area contributed by atoms with E-state index in [9.17, 15) is 4.79 Å². The largest absolute Gasteiger partial charge is 0.490 e. The summed E-state index contributed by atoms with van der Waals surface area (Å²) < 4.78 is 6.40. The Hall–Kier alpha value is -3.93. The van der Waals surface area contributed by atoms with Crippen LogP contribution in [0.2, 0.25) is 0 Å². The van der Waals surface area contributed by atoms with Gasteiger partial charge in [0, 0.05) is 37.7 Å². The second-order valence-corrected chi connectivity index (χ2v) is 12.3. The molecule has 1 amide bonds. The van der Waals surface area contributed by atoms with Crippen molar-refractivity contribution in [1.82, 2.24) is 15.1 Å². The number of amides is 1. The molecule has 228 valence electrons. The second-order valence-electron chi connectivity index (χ2n) is 12.3.